The van der Waals surface area contributed by atoms with E-state index in [0.717, 1.165) is 52.9 Å². The zero-order valence-corrected chi connectivity index (χ0v) is 23.8. The van der Waals surface area contributed by atoms with Gasteiger partial charge in [-0.05, 0) is 74.9 Å². The molecule has 7 N–H and O–H groups in total. The molecular formula is C32H38N6O3. The Morgan fingerprint density at radius 3 is 2.29 bits per heavy atom. The third-order valence-electron chi connectivity index (χ3n) is 7.62. The number of rotatable bonds is 6. The van der Waals surface area contributed by atoms with Crippen LogP contribution in [-0.2, 0) is 11.3 Å². The molecule has 0 radical (unpaired) electrons. The average Bonchev–Trinajstić information content (AvgIpc) is 3.19. The Morgan fingerprint density at radius 1 is 0.951 bits per heavy atom. The second kappa shape index (κ2) is 11.2. The number of nitrogens with one attached hydrogen (secondary N) is 3. The van der Waals surface area contributed by atoms with Crippen LogP contribution in [0, 0.1) is 5.41 Å². The highest BCUT2D eigenvalue weighted by Crippen LogP contribution is 2.32. The predicted octanol–water partition coefficient (Wildman–Crippen LogP) is 5.27. The molecule has 0 bridgehead atoms. The summed E-state index contributed by atoms with van der Waals surface area (Å²) in [6.07, 6.45) is 2.51. The number of benzene rings is 3. The summed E-state index contributed by atoms with van der Waals surface area (Å²) < 4.78 is 7.32. The molecule has 41 heavy (non-hydrogen) atoms. The van der Waals surface area contributed by atoms with Gasteiger partial charge in [0.25, 0.3) is 5.91 Å². The van der Waals surface area contributed by atoms with E-state index in [1.165, 1.54) is 0 Å². The molecule has 1 saturated carbocycles. The predicted molar refractivity (Wildman–Crippen MR) is 163 cm³/mol. The number of anilines is 1. The number of carbonyl (C=O) groups excluding carboxylic acids is 2. The molecule has 0 aliphatic heterocycles. The molecule has 0 unspecified atom stereocenters. The Labute approximate surface area is 239 Å². The number of hydrogen-bond donors (Lipinski definition) is 5. The van der Waals surface area contributed by atoms with Crippen LogP contribution < -0.4 is 22.1 Å². The maximum absolute atomic E-state index is 13.8. The molecule has 1 aliphatic carbocycles. The summed E-state index contributed by atoms with van der Waals surface area (Å²) in [7, 11) is 0. The molecule has 3 aromatic carbocycles. The average molecular weight is 555 g/mol. The monoisotopic (exact) mass is 554 g/mol. The van der Waals surface area contributed by atoms with Crippen molar-refractivity contribution in [2.75, 3.05) is 5.73 Å². The summed E-state index contributed by atoms with van der Waals surface area (Å²) in [6, 6.07) is 19.6. The first-order valence-electron chi connectivity index (χ1n) is 14.0. The van der Waals surface area contributed by atoms with Gasteiger partial charge in [0.1, 0.15) is 17.1 Å². The Morgan fingerprint density at radius 2 is 1.61 bits per heavy atom. The van der Waals surface area contributed by atoms with Crippen LogP contribution in [0.3, 0.4) is 0 Å². The molecule has 9 heteroatoms. The molecule has 0 atom stereocenters. The molecule has 214 valence electrons. The first-order valence-corrected chi connectivity index (χ1v) is 14.0. The summed E-state index contributed by atoms with van der Waals surface area (Å²) >= 11 is 0. The smallest absolute Gasteiger partial charge is 0.407 e. The first kappa shape index (κ1) is 28.0. The summed E-state index contributed by atoms with van der Waals surface area (Å²) in [6.45, 7) is 5.94. The number of amides is 2. The fourth-order valence-corrected chi connectivity index (χ4v) is 5.66. The molecule has 0 spiro atoms. The van der Waals surface area contributed by atoms with Gasteiger partial charge in [0.05, 0.1) is 11.2 Å². The molecule has 4 aromatic rings. The van der Waals surface area contributed by atoms with Gasteiger partial charge in [-0.1, -0.05) is 48.5 Å². The number of ether oxygens (including phenoxy) is 1. The highest BCUT2D eigenvalue weighted by molar-refractivity contribution is 6.10. The number of aromatic nitrogens is 1. The minimum atomic E-state index is -0.551. The summed E-state index contributed by atoms with van der Waals surface area (Å²) in [5, 5.41) is 17.0. The van der Waals surface area contributed by atoms with Gasteiger partial charge in [-0.15, -0.1) is 0 Å². The van der Waals surface area contributed by atoms with Crippen LogP contribution in [0.15, 0.2) is 60.7 Å². The molecule has 1 heterocycles. The number of carbonyl (C=O) groups is 2. The lowest BCUT2D eigenvalue weighted by molar-refractivity contribution is 0.0487. The van der Waals surface area contributed by atoms with E-state index < -0.39 is 11.7 Å². The SMILES string of the molecule is CC(C)(C)OC(=O)NC1CCC(NC(=O)c2c(N)c3ccc(C(=N)N)cc3n2Cc2cccc3ccccc23)CC1. The van der Waals surface area contributed by atoms with Gasteiger partial charge in [-0.2, -0.15) is 0 Å². The van der Waals surface area contributed by atoms with Crippen molar-refractivity contribution < 1.29 is 14.3 Å². The first-order chi connectivity index (χ1) is 19.5. The molecule has 5 rings (SSSR count). The Hall–Kier alpha value is -4.53. The second-order valence-electron chi connectivity index (χ2n) is 11.8. The van der Waals surface area contributed by atoms with Gasteiger partial charge in [0.2, 0.25) is 0 Å². The molecule has 9 nitrogen and oxygen atoms in total. The summed E-state index contributed by atoms with van der Waals surface area (Å²) in [5.74, 6) is -0.294. The van der Waals surface area contributed by atoms with Gasteiger partial charge in [0, 0.05) is 29.6 Å². The van der Waals surface area contributed by atoms with Crippen LogP contribution in [0.1, 0.15) is 68.1 Å². The third-order valence-corrected chi connectivity index (χ3v) is 7.62. The van der Waals surface area contributed by atoms with Crippen LogP contribution in [0.4, 0.5) is 10.5 Å². The highest BCUT2D eigenvalue weighted by atomic mass is 16.6. The molecule has 2 amide bonds. The Kier molecular flexibility index (Phi) is 7.62. The van der Waals surface area contributed by atoms with Crippen molar-refractivity contribution in [1.82, 2.24) is 15.2 Å². The van der Waals surface area contributed by atoms with Gasteiger partial charge < -0.3 is 31.4 Å². The number of nitrogen functional groups attached to an aromatic ring is 2. The summed E-state index contributed by atoms with van der Waals surface area (Å²) in [4.78, 5) is 26.0. The van der Waals surface area contributed by atoms with Gasteiger partial charge in [0.15, 0.2) is 0 Å². The molecule has 1 aromatic heterocycles. The van der Waals surface area contributed by atoms with E-state index in [1.807, 2.05) is 55.7 Å². The molecular weight excluding hydrogens is 516 g/mol. The van der Waals surface area contributed by atoms with Crippen molar-refractivity contribution in [2.45, 2.75) is 70.7 Å². The number of fused-ring (bicyclic) bond motifs is 2. The molecule has 0 saturated heterocycles. The maximum Gasteiger partial charge on any atom is 0.407 e. The highest BCUT2D eigenvalue weighted by Gasteiger charge is 2.28. The van der Waals surface area contributed by atoms with Gasteiger partial charge in [-0.25, -0.2) is 4.79 Å². The lowest BCUT2D eigenvalue weighted by Crippen LogP contribution is -2.45. The third kappa shape index (κ3) is 6.14. The fourth-order valence-electron chi connectivity index (χ4n) is 5.66. The zero-order valence-electron chi connectivity index (χ0n) is 23.8. The quantitative estimate of drug-likeness (QED) is 0.163. The second-order valence-corrected chi connectivity index (χ2v) is 11.8. The van der Waals surface area contributed by atoms with Crippen molar-refractivity contribution in [2.24, 2.45) is 5.73 Å². The van der Waals surface area contributed by atoms with Crippen molar-refractivity contribution in [3.8, 4) is 0 Å². The normalized spacial score (nSPS) is 17.3. The van der Waals surface area contributed by atoms with Crippen molar-refractivity contribution in [1.29, 1.82) is 5.41 Å². The molecule has 1 aliphatic rings. The van der Waals surface area contributed by atoms with Gasteiger partial charge in [-0.3, -0.25) is 10.2 Å². The van der Waals surface area contributed by atoms with Crippen LogP contribution in [0.25, 0.3) is 21.7 Å². The Balaban J connectivity index is 1.41. The number of hydrogen-bond acceptors (Lipinski definition) is 5. The van der Waals surface area contributed by atoms with Crippen LogP contribution >= 0.6 is 0 Å². The van der Waals surface area contributed by atoms with Crippen molar-refractivity contribution in [3.63, 3.8) is 0 Å². The lowest BCUT2D eigenvalue weighted by atomic mass is 9.91. The fraction of sp³-hybridized carbons (Fsp3) is 0.344. The topological polar surface area (TPSA) is 148 Å². The zero-order chi connectivity index (χ0) is 29.3. The van der Waals surface area contributed by atoms with E-state index >= 15 is 0 Å². The number of alkyl carbamates (subject to hydrolysis) is 1. The summed E-state index contributed by atoms with van der Waals surface area (Å²) in [5.41, 5.74) is 15.1. The minimum absolute atomic E-state index is 0.00545. The van der Waals surface area contributed by atoms with Crippen LogP contribution in [-0.4, -0.2) is 40.1 Å². The van der Waals surface area contributed by atoms with Crippen molar-refractivity contribution >= 4 is 45.2 Å². The Bertz CT molecular complexity index is 1620. The van der Waals surface area contributed by atoms with E-state index in [1.54, 1.807) is 6.07 Å². The maximum atomic E-state index is 13.8. The van der Waals surface area contributed by atoms with E-state index in [9.17, 15) is 9.59 Å². The standard InChI is InChI=1S/C32H38N6O3/c1-32(2,3)41-31(40)37-23-14-12-22(13-15-23)36-30(39)28-27(33)25-16-11-20(29(34)35)17-26(25)38(28)18-21-9-6-8-19-7-4-5-10-24(19)21/h4-11,16-17,22-23H,12-15,18,33H2,1-3H3,(H3,34,35)(H,36,39)(H,37,40). The van der Waals surface area contributed by atoms with E-state index in [2.05, 4.69) is 34.9 Å². The molecule has 1 fully saturated rings. The number of nitrogens with zero attached hydrogens (tertiary/aromatic N) is 1. The van der Waals surface area contributed by atoms with E-state index in [-0.39, 0.29) is 23.8 Å². The van der Waals surface area contributed by atoms with Crippen molar-refractivity contribution in [3.05, 3.63) is 77.5 Å². The van der Waals surface area contributed by atoms with E-state index in [0.29, 0.717) is 23.5 Å². The van der Waals surface area contributed by atoms with Crippen LogP contribution in [0.5, 0.6) is 0 Å². The van der Waals surface area contributed by atoms with Gasteiger partial charge >= 0.3 is 6.09 Å². The largest absolute Gasteiger partial charge is 0.444 e. The number of nitrogens with two attached hydrogens (primary N) is 2. The van der Waals surface area contributed by atoms with Crippen LogP contribution in [0.2, 0.25) is 0 Å². The lowest BCUT2D eigenvalue weighted by Gasteiger charge is -2.30. The van der Waals surface area contributed by atoms with E-state index in [4.69, 9.17) is 21.6 Å². The minimum Gasteiger partial charge on any atom is -0.444 e. The number of amidine groups is 1.